The molecule has 56 heavy (non-hydrogen) atoms. The van der Waals surface area contributed by atoms with E-state index in [1.165, 1.54) is 11.1 Å². The van der Waals surface area contributed by atoms with Crippen molar-refractivity contribution in [2.24, 2.45) is 5.73 Å². The fraction of sp³-hybridized carbons (Fsp3) is 0.475. The average Bonchev–Trinajstić information content (AvgIpc) is 3.81. The van der Waals surface area contributed by atoms with Gasteiger partial charge >= 0.3 is 0 Å². The summed E-state index contributed by atoms with van der Waals surface area (Å²) in [5.74, 6) is -0.770. The zero-order valence-corrected chi connectivity index (χ0v) is 31.9. The van der Waals surface area contributed by atoms with Gasteiger partial charge in [0, 0.05) is 87.6 Å². The summed E-state index contributed by atoms with van der Waals surface area (Å²) in [6.07, 6.45) is 7.13. The Kier molecular flexibility index (Phi) is 10.6. The van der Waals surface area contributed by atoms with Crippen molar-refractivity contribution in [1.29, 1.82) is 0 Å². The molecule has 3 fully saturated rings. The summed E-state index contributed by atoms with van der Waals surface area (Å²) in [7, 11) is 3.99. The summed E-state index contributed by atoms with van der Waals surface area (Å²) in [4.78, 5) is 68.7. The summed E-state index contributed by atoms with van der Waals surface area (Å²) < 4.78 is 5.68. The van der Waals surface area contributed by atoms with Crippen LogP contribution < -0.4 is 26.2 Å². The Balaban J connectivity index is 0.880. The quantitative estimate of drug-likeness (QED) is 0.141. The van der Waals surface area contributed by atoms with Gasteiger partial charge in [0.2, 0.25) is 18.2 Å². The maximum atomic E-state index is 12.6. The Bertz CT molecular complexity index is 2110. The van der Waals surface area contributed by atoms with Gasteiger partial charge in [-0.25, -0.2) is 9.97 Å². The standard InChI is InChI=1S/C40H49N11O5/c1-47(2)16-17-50(24-52)30-4-3-13-49(23-30)34-20-42-37(38(41)54)39(44-34)43-27-5-7-28(8-6-27)48-14-11-29(12-15-48)51-21-25-18-32-33(19-26(25)22-51)56-46-36(32)31-9-10-35(53)45-40(31)55/h5-8,18-20,24,29-31H,3-4,9-17,21-23H2,1-2H3,(H2,41,54)(H,43,44)(H,45,53,55). The van der Waals surface area contributed by atoms with Gasteiger partial charge in [-0.2, -0.15) is 0 Å². The molecule has 4 amide bonds. The number of amides is 4. The van der Waals surface area contributed by atoms with Crippen molar-refractivity contribution < 1.29 is 23.7 Å². The summed E-state index contributed by atoms with van der Waals surface area (Å²) >= 11 is 0. The van der Waals surface area contributed by atoms with E-state index in [0.717, 1.165) is 88.1 Å². The molecule has 4 aliphatic rings. The smallest absolute Gasteiger partial charge is 0.271 e. The van der Waals surface area contributed by atoms with Gasteiger partial charge < -0.3 is 35.2 Å². The van der Waals surface area contributed by atoms with Crippen LogP contribution in [0.15, 0.2) is 47.1 Å². The van der Waals surface area contributed by atoms with E-state index in [4.69, 9.17) is 15.2 Å². The van der Waals surface area contributed by atoms with Crippen LogP contribution in [0.3, 0.4) is 0 Å². The van der Waals surface area contributed by atoms with E-state index in [1.807, 2.05) is 31.1 Å². The van der Waals surface area contributed by atoms with Gasteiger partial charge in [0.1, 0.15) is 11.5 Å². The molecule has 0 bridgehead atoms. The highest BCUT2D eigenvalue weighted by molar-refractivity contribution is 6.02. The zero-order chi connectivity index (χ0) is 38.9. The number of hydrogen-bond acceptors (Lipinski definition) is 13. The number of carbonyl (C=O) groups excluding carboxylic acids is 4. The second-order valence-corrected chi connectivity index (χ2v) is 15.7. The molecule has 2 aromatic carbocycles. The molecule has 16 nitrogen and oxygen atoms in total. The molecule has 4 aromatic rings. The van der Waals surface area contributed by atoms with Crippen molar-refractivity contribution in [2.45, 2.75) is 69.6 Å². The average molecular weight is 764 g/mol. The van der Waals surface area contributed by atoms with Crippen LogP contribution in [0, 0.1) is 0 Å². The summed E-state index contributed by atoms with van der Waals surface area (Å²) in [5, 5.41) is 10.8. The topological polar surface area (TPSA) is 186 Å². The molecule has 6 heterocycles. The van der Waals surface area contributed by atoms with Crippen LogP contribution in [-0.2, 0) is 27.5 Å². The second kappa shape index (κ2) is 15.9. The molecular weight excluding hydrogens is 715 g/mol. The maximum absolute atomic E-state index is 12.6. The molecule has 4 N–H and O–H groups in total. The van der Waals surface area contributed by atoms with E-state index in [1.54, 1.807) is 6.20 Å². The number of nitrogens with zero attached hydrogens (tertiary/aromatic N) is 8. The molecule has 0 saturated carbocycles. The third-order valence-corrected chi connectivity index (χ3v) is 11.7. The highest BCUT2D eigenvalue weighted by Gasteiger charge is 2.34. The first-order chi connectivity index (χ1) is 27.1. The predicted molar refractivity (Wildman–Crippen MR) is 210 cm³/mol. The Labute approximate surface area is 325 Å². The number of piperidine rings is 3. The van der Waals surface area contributed by atoms with Gasteiger partial charge in [-0.1, -0.05) is 5.16 Å². The number of likely N-dealkylation sites (N-methyl/N-ethyl adjacent to an activating group) is 1. The number of rotatable bonds is 12. The van der Waals surface area contributed by atoms with Gasteiger partial charge in [0.15, 0.2) is 17.1 Å². The molecule has 4 aliphatic heterocycles. The van der Waals surface area contributed by atoms with E-state index in [9.17, 15) is 19.2 Å². The van der Waals surface area contributed by atoms with Crippen molar-refractivity contribution in [3.63, 3.8) is 0 Å². The molecule has 0 radical (unpaired) electrons. The van der Waals surface area contributed by atoms with Gasteiger partial charge in [0.05, 0.1) is 12.1 Å². The van der Waals surface area contributed by atoms with E-state index in [-0.39, 0.29) is 23.6 Å². The third kappa shape index (κ3) is 7.75. The Morgan fingerprint density at radius 1 is 1.02 bits per heavy atom. The number of nitrogens with one attached hydrogen (secondary N) is 2. The van der Waals surface area contributed by atoms with Crippen molar-refractivity contribution in [3.8, 4) is 0 Å². The lowest BCUT2D eigenvalue weighted by Crippen LogP contribution is -2.49. The van der Waals surface area contributed by atoms with Crippen LogP contribution in [0.25, 0.3) is 11.0 Å². The van der Waals surface area contributed by atoms with Crippen LogP contribution in [0.2, 0.25) is 0 Å². The number of benzene rings is 2. The fourth-order valence-corrected chi connectivity index (χ4v) is 8.59. The highest BCUT2D eigenvalue weighted by Crippen LogP contribution is 2.37. The van der Waals surface area contributed by atoms with Gasteiger partial charge in [0.25, 0.3) is 5.91 Å². The number of primary amides is 1. The molecule has 8 rings (SSSR count). The second-order valence-electron chi connectivity index (χ2n) is 15.7. The first-order valence-electron chi connectivity index (χ1n) is 19.5. The number of fused-ring (bicyclic) bond motifs is 2. The van der Waals surface area contributed by atoms with Crippen molar-refractivity contribution in [3.05, 3.63) is 65.1 Å². The molecule has 16 heteroatoms. The lowest BCUT2D eigenvalue weighted by molar-refractivity contribution is -0.134. The van der Waals surface area contributed by atoms with Crippen molar-refractivity contribution >= 4 is 58.1 Å². The lowest BCUT2D eigenvalue weighted by Gasteiger charge is -2.38. The molecular formula is C40H49N11O5. The lowest BCUT2D eigenvalue weighted by atomic mass is 9.92. The number of hydrogen-bond donors (Lipinski definition) is 3. The summed E-state index contributed by atoms with van der Waals surface area (Å²) in [6.45, 7) is 6.36. The van der Waals surface area contributed by atoms with Crippen LogP contribution in [0.5, 0.6) is 0 Å². The predicted octanol–water partition coefficient (Wildman–Crippen LogP) is 2.95. The van der Waals surface area contributed by atoms with Crippen LogP contribution in [0.1, 0.15) is 71.8 Å². The van der Waals surface area contributed by atoms with E-state index in [0.29, 0.717) is 54.9 Å². The Morgan fingerprint density at radius 2 is 1.79 bits per heavy atom. The number of aromatic nitrogens is 3. The van der Waals surface area contributed by atoms with Crippen molar-refractivity contribution in [1.82, 2.24) is 35.1 Å². The van der Waals surface area contributed by atoms with Crippen molar-refractivity contribution in [2.75, 3.05) is 68.5 Å². The minimum atomic E-state index is -0.664. The maximum Gasteiger partial charge on any atom is 0.271 e. The summed E-state index contributed by atoms with van der Waals surface area (Å²) in [6, 6.07) is 12.8. The number of nitrogens with two attached hydrogens (primary N) is 1. The molecule has 3 saturated heterocycles. The zero-order valence-electron chi connectivity index (χ0n) is 31.9. The van der Waals surface area contributed by atoms with Crippen LogP contribution in [-0.4, -0.2) is 119 Å². The first-order valence-corrected chi connectivity index (χ1v) is 19.5. The number of anilines is 4. The third-order valence-electron chi connectivity index (χ3n) is 11.7. The largest absolute Gasteiger partial charge is 0.371 e. The SMILES string of the molecule is CN(C)CCN(C=O)C1CCCN(c2cnc(C(N)=O)c(Nc3ccc(N4CCC(N5Cc6cc7onc(C8CCC(=O)NC8=O)c7cc6C5)CC4)cc3)n2)C1. The molecule has 2 aromatic heterocycles. The van der Waals surface area contributed by atoms with Gasteiger partial charge in [-0.15, -0.1) is 0 Å². The molecule has 2 unspecified atom stereocenters. The fourth-order valence-electron chi connectivity index (χ4n) is 8.59. The summed E-state index contributed by atoms with van der Waals surface area (Å²) in [5.41, 5.74) is 11.4. The molecule has 2 atom stereocenters. The highest BCUT2D eigenvalue weighted by atomic mass is 16.5. The monoisotopic (exact) mass is 763 g/mol. The molecule has 0 spiro atoms. The number of imide groups is 1. The minimum absolute atomic E-state index is 0.0627. The Morgan fingerprint density at radius 3 is 2.50 bits per heavy atom. The van der Waals surface area contributed by atoms with E-state index >= 15 is 0 Å². The van der Waals surface area contributed by atoms with Crippen LogP contribution >= 0.6 is 0 Å². The first kappa shape index (κ1) is 37.3. The normalized spacial score (nSPS) is 20.7. The molecule has 294 valence electrons. The number of carbonyl (C=O) groups is 4. The van der Waals surface area contributed by atoms with E-state index in [2.05, 4.69) is 64.6 Å². The molecule has 0 aliphatic carbocycles. The Hall–Kier alpha value is -5.61. The van der Waals surface area contributed by atoms with Gasteiger partial charge in [-0.3, -0.25) is 29.4 Å². The van der Waals surface area contributed by atoms with Crippen LogP contribution in [0.4, 0.5) is 23.0 Å². The van der Waals surface area contributed by atoms with E-state index < -0.39 is 11.8 Å². The van der Waals surface area contributed by atoms with Gasteiger partial charge in [-0.05, 0) is 93.7 Å². The minimum Gasteiger partial charge on any atom is -0.371 e.